The summed E-state index contributed by atoms with van der Waals surface area (Å²) in [5, 5.41) is 9.86. The molecule has 3 aromatic rings. The highest BCUT2D eigenvalue weighted by atomic mass is 32.2. The molecule has 0 spiro atoms. The highest BCUT2D eigenvalue weighted by Gasteiger charge is 2.11. The van der Waals surface area contributed by atoms with Crippen LogP contribution >= 0.6 is 11.8 Å². The lowest BCUT2D eigenvalue weighted by Crippen LogP contribution is -2.29. The Kier molecular flexibility index (Phi) is 5.96. The van der Waals surface area contributed by atoms with Crippen LogP contribution in [0.5, 0.6) is 0 Å². The van der Waals surface area contributed by atoms with Crippen LogP contribution in [0.25, 0.3) is 11.3 Å². The van der Waals surface area contributed by atoms with Gasteiger partial charge in [-0.1, -0.05) is 47.7 Å². The van der Waals surface area contributed by atoms with Gasteiger partial charge in [-0.05, 0) is 68.5 Å². The van der Waals surface area contributed by atoms with Gasteiger partial charge in [-0.3, -0.25) is 0 Å². The van der Waals surface area contributed by atoms with Gasteiger partial charge < -0.3 is 4.90 Å². The van der Waals surface area contributed by atoms with Crippen molar-refractivity contribution in [1.82, 2.24) is 10.2 Å². The van der Waals surface area contributed by atoms with Crippen molar-refractivity contribution in [3.63, 3.8) is 0 Å². The van der Waals surface area contributed by atoms with E-state index in [1.165, 1.54) is 54.7 Å². The molecule has 28 heavy (non-hydrogen) atoms. The van der Waals surface area contributed by atoms with Crippen LogP contribution in [0.2, 0.25) is 0 Å². The van der Waals surface area contributed by atoms with Crippen molar-refractivity contribution in [3.05, 3.63) is 71.3 Å². The minimum Gasteiger partial charge on any atom is -0.372 e. The molecule has 0 amide bonds. The predicted molar refractivity (Wildman–Crippen MR) is 119 cm³/mol. The number of hydrogen-bond donors (Lipinski definition) is 0. The van der Waals surface area contributed by atoms with Crippen LogP contribution in [0, 0.1) is 13.8 Å². The molecule has 4 rings (SSSR count). The van der Waals surface area contributed by atoms with Gasteiger partial charge in [0.05, 0.1) is 5.69 Å². The van der Waals surface area contributed by atoms with Crippen LogP contribution in [0.1, 0.15) is 36.0 Å². The van der Waals surface area contributed by atoms with E-state index in [1.54, 1.807) is 11.8 Å². The summed E-state index contributed by atoms with van der Waals surface area (Å²) in [6.45, 7) is 6.65. The molecule has 0 N–H and O–H groups in total. The Morgan fingerprint density at radius 1 is 0.857 bits per heavy atom. The molecule has 1 fully saturated rings. The largest absolute Gasteiger partial charge is 0.372 e. The first-order chi connectivity index (χ1) is 13.7. The summed E-state index contributed by atoms with van der Waals surface area (Å²) in [7, 11) is 0. The molecule has 1 saturated heterocycles. The summed E-state index contributed by atoms with van der Waals surface area (Å²) in [5.74, 6) is 0.923. The fourth-order valence-corrected chi connectivity index (χ4v) is 4.53. The molecule has 2 aromatic carbocycles. The minimum absolute atomic E-state index is 0.923. The first kappa shape index (κ1) is 19.0. The van der Waals surface area contributed by atoms with Crippen molar-refractivity contribution in [2.45, 2.75) is 43.9 Å². The third-order valence-electron chi connectivity index (χ3n) is 5.40. The minimum atomic E-state index is 0.923. The molecule has 0 saturated carbocycles. The third-order valence-corrected chi connectivity index (χ3v) is 6.37. The lowest BCUT2D eigenvalue weighted by molar-refractivity contribution is 0.578. The number of piperidine rings is 1. The molecule has 1 aliphatic heterocycles. The lowest BCUT2D eigenvalue weighted by atomic mass is 10.1. The quantitative estimate of drug-likeness (QED) is 0.497. The van der Waals surface area contributed by atoms with Crippen LogP contribution < -0.4 is 4.90 Å². The SMILES string of the molecule is Cc1ccc(C)c(CSc2ccc(-c3ccc(N4CCCCC4)cc3)nn2)c1. The van der Waals surface area contributed by atoms with Gasteiger partial charge in [0.15, 0.2) is 0 Å². The van der Waals surface area contributed by atoms with E-state index < -0.39 is 0 Å². The standard InChI is InChI=1S/C24H27N3S/c1-18-6-7-19(2)21(16-18)17-28-24-13-12-23(25-26-24)20-8-10-22(11-9-20)27-14-4-3-5-15-27/h6-13,16H,3-5,14-15,17H2,1-2H3. The molecular weight excluding hydrogens is 362 g/mol. The first-order valence-electron chi connectivity index (χ1n) is 10.1. The van der Waals surface area contributed by atoms with Crippen LogP contribution in [0.3, 0.4) is 0 Å². The van der Waals surface area contributed by atoms with Gasteiger partial charge in [-0.25, -0.2) is 0 Å². The molecule has 3 nitrogen and oxygen atoms in total. The zero-order chi connectivity index (χ0) is 19.3. The Balaban J connectivity index is 1.40. The molecule has 0 unspecified atom stereocenters. The maximum atomic E-state index is 4.46. The maximum absolute atomic E-state index is 4.46. The van der Waals surface area contributed by atoms with Crippen molar-refractivity contribution in [1.29, 1.82) is 0 Å². The van der Waals surface area contributed by atoms with Gasteiger partial charge in [0.2, 0.25) is 0 Å². The second-order valence-electron chi connectivity index (χ2n) is 7.57. The number of anilines is 1. The van der Waals surface area contributed by atoms with Crippen LogP contribution in [-0.4, -0.2) is 23.3 Å². The average Bonchev–Trinajstić information content (AvgIpc) is 2.75. The second-order valence-corrected chi connectivity index (χ2v) is 8.57. The molecule has 1 aromatic heterocycles. The Labute approximate surface area is 172 Å². The van der Waals surface area contributed by atoms with Gasteiger partial charge in [0.1, 0.15) is 5.03 Å². The van der Waals surface area contributed by atoms with E-state index in [2.05, 4.69) is 83.5 Å². The van der Waals surface area contributed by atoms with Crippen LogP contribution in [0.4, 0.5) is 5.69 Å². The Bertz CT molecular complexity index is 914. The number of aromatic nitrogens is 2. The van der Waals surface area contributed by atoms with Crippen LogP contribution in [0.15, 0.2) is 59.6 Å². The van der Waals surface area contributed by atoms with E-state index in [-0.39, 0.29) is 0 Å². The monoisotopic (exact) mass is 389 g/mol. The van der Waals surface area contributed by atoms with Gasteiger partial charge >= 0.3 is 0 Å². The summed E-state index contributed by atoms with van der Waals surface area (Å²) in [6, 6.07) is 19.5. The van der Waals surface area contributed by atoms with Crippen molar-refractivity contribution in [3.8, 4) is 11.3 Å². The van der Waals surface area contributed by atoms with Gasteiger partial charge in [0.25, 0.3) is 0 Å². The summed E-state index contributed by atoms with van der Waals surface area (Å²) >= 11 is 1.74. The lowest BCUT2D eigenvalue weighted by Gasteiger charge is -2.28. The highest BCUT2D eigenvalue weighted by Crippen LogP contribution is 2.26. The maximum Gasteiger partial charge on any atom is 0.119 e. The Morgan fingerprint density at radius 2 is 1.64 bits per heavy atom. The smallest absolute Gasteiger partial charge is 0.119 e. The number of benzene rings is 2. The third kappa shape index (κ3) is 4.56. The molecular formula is C24H27N3S. The topological polar surface area (TPSA) is 29.0 Å². The molecule has 0 atom stereocenters. The van der Waals surface area contributed by atoms with Crippen molar-refractivity contribution in [2.24, 2.45) is 0 Å². The summed E-state index contributed by atoms with van der Waals surface area (Å²) in [5.41, 5.74) is 7.37. The molecule has 1 aliphatic rings. The van der Waals surface area contributed by atoms with Crippen molar-refractivity contribution in [2.75, 3.05) is 18.0 Å². The van der Waals surface area contributed by atoms with E-state index in [4.69, 9.17) is 0 Å². The molecule has 0 radical (unpaired) electrons. The van der Waals surface area contributed by atoms with E-state index in [0.29, 0.717) is 0 Å². The van der Waals surface area contributed by atoms with Crippen molar-refractivity contribution >= 4 is 17.4 Å². The fraction of sp³-hybridized carbons (Fsp3) is 0.333. The van der Waals surface area contributed by atoms with Crippen LogP contribution in [-0.2, 0) is 5.75 Å². The number of hydrogen-bond acceptors (Lipinski definition) is 4. The number of nitrogens with zero attached hydrogens (tertiary/aromatic N) is 3. The Hall–Kier alpha value is -2.33. The molecule has 4 heteroatoms. The van der Waals surface area contributed by atoms with E-state index in [9.17, 15) is 0 Å². The normalized spacial score (nSPS) is 14.3. The number of thioether (sulfide) groups is 1. The summed E-state index contributed by atoms with van der Waals surface area (Å²) < 4.78 is 0. The average molecular weight is 390 g/mol. The summed E-state index contributed by atoms with van der Waals surface area (Å²) in [6.07, 6.45) is 3.96. The number of aryl methyl sites for hydroxylation is 2. The fourth-order valence-electron chi connectivity index (χ4n) is 3.65. The second kappa shape index (κ2) is 8.78. The first-order valence-corrected chi connectivity index (χ1v) is 11.1. The molecule has 144 valence electrons. The zero-order valence-electron chi connectivity index (χ0n) is 16.7. The van der Waals surface area contributed by atoms with E-state index >= 15 is 0 Å². The van der Waals surface area contributed by atoms with Gasteiger partial charge in [0, 0.05) is 30.1 Å². The summed E-state index contributed by atoms with van der Waals surface area (Å²) in [4.78, 5) is 2.48. The highest BCUT2D eigenvalue weighted by molar-refractivity contribution is 7.98. The molecule has 0 bridgehead atoms. The predicted octanol–water partition coefficient (Wildman–Crippen LogP) is 6.04. The van der Waals surface area contributed by atoms with Crippen molar-refractivity contribution < 1.29 is 0 Å². The van der Waals surface area contributed by atoms with Gasteiger partial charge in [-0.2, -0.15) is 0 Å². The number of rotatable bonds is 5. The van der Waals surface area contributed by atoms with E-state index in [0.717, 1.165) is 22.0 Å². The zero-order valence-corrected chi connectivity index (χ0v) is 17.5. The molecule has 2 heterocycles. The van der Waals surface area contributed by atoms with E-state index in [1.807, 2.05) is 0 Å². The van der Waals surface area contributed by atoms with Gasteiger partial charge in [-0.15, -0.1) is 10.2 Å². The molecule has 0 aliphatic carbocycles. The Morgan fingerprint density at radius 3 is 2.36 bits per heavy atom.